The van der Waals surface area contributed by atoms with Crippen LogP contribution in [-0.4, -0.2) is 47.5 Å². The van der Waals surface area contributed by atoms with E-state index in [4.69, 9.17) is 0 Å². The number of rotatable bonds is 7. The lowest BCUT2D eigenvalue weighted by Crippen LogP contribution is -2.72. The van der Waals surface area contributed by atoms with Gasteiger partial charge in [0.15, 0.2) is 11.6 Å². The summed E-state index contributed by atoms with van der Waals surface area (Å²) in [6, 6.07) is 0. The van der Waals surface area contributed by atoms with E-state index < -0.39 is 59.4 Å². The summed E-state index contributed by atoms with van der Waals surface area (Å²) in [7, 11) is 0. The number of carbonyl (C=O) groups is 1. The van der Waals surface area contributed by atoms with E-state index in [0.29, 0.717) is 0 Å². The molecular formula is C11H4F16O. The summed E-state index contributed by atoms with van der Waals surface area (Å²) in [5.74, 6) is -54.4. The Hall–Kier alpha value is -1.71. The SMILES string of the molecule is CC(=O)C=C(F)C(F)(F)C(F)(F)C(F)(F)C(F)(F)C(F)(F)C(F)(F)C(F)(F)F. The third kappa shape index (κ3) is 3.40. The van der Waals surface area contributed by atoms with E-state index in [1.54, 1.807) is 0 Å². The van der Waals surface area contributed by atoms with E-state index in [9.17, 15) is 75.0 Å². The number of halogens is 16. The van der Waals surface area contributed by atoms with Gasteiger partial charge in [0.25, 0.3) is 0 Å². The van der Waals surface area contributed by atoms with Crippen molar-refractivity contribution in [1.82, 2.24) is 0 Å². The summed E-state index contributed by atoms with van der Waals surface area (Å²) in [6.07, 6.45) is -8.88. The van der Waals surface area contributed by atoms with Crippen molar-refractivity contribution in [2.24, 2.45) is 0 Å². The van der Waals surface area contributed by atoms with Crippen LogP contribution in [0.25, 0.3) is 0 Å². The van der Waals surface area contributed by atoms with Gasteiger partial charge < -0.3 is 0 Å². The van der Waals surface area contributed by atoms with Crippen LogP contribution in [0.3, 0.4) is 0 Å². The minimum Gasteiger partial charge on any atom is -0.295 e. The van der Waals surface area contributed by atoms with Gasteiger partial charge in [-0.05, 0) is 6.92 Å². The van der Waals surface area contributed by atoms with E-state index >= 15 is 0 Å². The third-order valence-electron chi connectivity index (χ3n) is 2.96. The molecule has 0 spiro atoms. The molecule has 0 unspecified atom stereocenters. The van der Waals surface area contributed by atoms with Crippen molar-refractivity contribution in [3.63, 3.8) is 0 Å². The lowest BCUT2D eigenvalue weighted by molar-refractivity contribution is -0.450. The zero-order valence-electron chi connectivity index (χ0n) is 12.5. The molecule has 0 aromatic heterocycles. The lowest BCUT2D eigenvalue weighted by atomic mass is 9.90. The van der Waals surface area contributed by atoms with Crippen molar-refractivity contribution < 1.29 is 75.0 Å². The Morgan fingerprint density at radius 3 is 1.14 bits per heavy atom. The van der Waals surface area contributed by atoms with Gasteiger partial charge in [0.1, 0.15) is 0 Å². The summed E-state index contributed by atoms with van der Waals surface area (Å²) < 4.78 is 204. The summed E-state index contributed by atoms with van der Waals surface area (Å²) in [5.41, 5.74) is 0. The summed E-state index contributed by atoms with van der Waals surface area (Å²) in [6.45, 7) is 0.151. The molecule has 0 aromatic carbocycles. The van der Waals surface area contributed by atoms with Gasteiger partial charge in [-0.3, -0.25) is 4.79 Å². The Morgan fingerprint density at radius 2 is 0.857 bits per heavy atom. The molecule has 0 saturated carbocycles. The Morgan fingerprint density at radius 1 is 0.571 bits per heavy atom. The number of alkyl halides is 15. The van der Waals surface area contributed by atoms with Crippen molar-refractivity contribution in [1.29, 1.82) is 0 Å². The molecule has 0 aliphatic carbocycles. The van der Waals surface area contributed by atoms with E-state index in [0.717, 1.165) is 0 Å². The second-order valence-electron chi connectivity index (χ2n) is 5.05. The normalized spacial score (nSPS) is 16.4. The number of hydrogen-bond donors (Lipinski definition) is 0. The van der Waals surface area contributed by atoms with E-state index in [1.807, 2.05) is 0 Å². The molecule has 1 nitrogen and oxygen atoms in total. The highest BCUT2D eigenvalue weighted by atomic mass is 19.4. The van der Waals surface area contributed by atoms with Crippen molar-refractivity contribution in [2.75, 3.05) is 0 Å². The van der Waals surface area contributed by atoms with Crippen LogP contribution in [-0.2, 0) is 4.79 Å². The van der Waals surface area contributed by atoms with Gasteiger partial charge in [0, 0.05) is 6.08 Å². The molecule has 28 heavy (non-hydrogen) atoms. The van der Waals surface area contributed by atoms with E-state index in [-0.39, 0.29) is 6.92 Å². The zero-order valence-corrected chi connectivity index (χ0v) is 12.5. The molecule has 0 aliphatic rings. The van der Waals surface area contributed by atoms with Gasteiger partial charge in [-0.1, -0.05) is 0 Å². The standard InChI is InChI=1S/C11H4F16O/c1-3(28)2-4(12)5(13,14)6(15,16)7(17,18)8(19,20)9(21,22)10(23,24)11(25,26)27/h2H,1H3. The second kappa shape index (κ2) is 6.67. The molecule has 0 aromatic rings. The second-order valence-corrected chi connectivity index (χ2v) is 5.05. The van der Waals surface area contributed by atoms with Gasteiger partial charge in [-0.25, -0.2) is 4.39 Å². The summed E-state index contributed by atoms with van der Waals surface area (Å²) >= 11 is 0. The maximum atomic E-state index is 13.2. The zero-order chi connectivity index (χ0) is 23.4. The topological polar surface area (TPSA) is 17.1 Å². The van der Waals surface area contributed by atoms with Crippen LogP contribution in [0.15, 0.2) is 11.9 Å². The molecule has 0 N–H and O–H groups in total. The van der Waals surface area contributed by atoms with Crippen molar-refractivity contribution in [2.45, 2.75) is 48.6 Å². The Kier molecular flexibility index (Phi) is 6.26. The molecule has 17 heteroatoms. The Labute approximate surface area is 143 Å². The van der Waals surface area contributed by atoms with Gasteiger partial charge in [-0.15, -0.1) is 0 Å². The molecule has 0 atom stereocenters. The van der Waals surface area contributed by atoms with Crippen LogP contribution in [0.5, 0.6) is 0 Å². The smallest absolute Gasteiger partial charge is 0.295 e. The number of hydrogen-bond acceptors (Lipinski definition) is 1. The maximum absolute atomic E-state index is 13.2. The number of ketones is 1. The molecule has 0 rings (SSSR count). The van der Waals surface area contributed by atoms with Crippen molar-refractivity contribution >= 4 is 5.78 Å². The quantitative estimate of drug-likeness (QED) is 0.350. The van der Waals surface area contributed by atoms with Crippen LogP contribution >= 0.6 is 0 Å². The Bertz CT molecular complexity index is 639. The fraction of sp³-hybridized carbons (Fsp3) is 0.727. The van der Waals surface area contributed by atoms with Crippen LogP contribution in [0.4, 0.5) is 70.2 Å². The fourth-order valence-electron chi connectivity index (χ4n) is 1.39. The molecule has 0 heterocycles. The third-order valence-corrected chi connectivity index (χ3v) is 2.96. The van der Waals surface area contributed by atoms with Gasteiger partial charge >= 0.3 is 41.7 Å². The van der Waals surface area contributed by atoms with Crippen molar-refractivity contribution in [3.05, 3.63) is 11.9 Å². The molecule has 0 radical (unpaired) electrons. The van der Waals surface area contributed by atoms with Crippen LogP contribution in [0, 0.1) is 0 Å². The lowest BCUT2D eigenvalue weighted by Gasteiger charge is -2.41. The highest BCUT2D eigenvalue weighted by molar-refractivity contribution is 5.87. The van der Waals surface area contributed by atoms with Crippen LogP contribution < -0.4 is 0 Å². The average molecular weight is 456 g/mol. The number of allylic oxidation sites excluding steroid dienone is 2. The molecule has 0 amide bonds. The van der Waals surface area contributed by atoms with Crippen LogP contribution in [0.1, 0.15) is 6.92 Å². The Balaban J connectivity index is 6.67. The average Bonchev–Trinajstić information content (AvgIpc) is 2.43. The van der Waals surface area contributed by atoms with E-state index in [1.165, 1.54) is 0 Å². The van der Waals surface area contributed by atoms with Gasteiger partial charge in [-0.2, -0.15) is 65.9 Å². The first-order valence-electron chi connectivity index (χ1n) is 6.06. The highest BCUT2D eigenvalue weighted by Gasteiger charge is 2.93. The van der Waals surface area contributed by atoms with E-state index in [2.05, 4.69) is 0 Å². The first-order chi connectivity index (χ1) is 11.8. The molecule has 0 saturated heterocycles. The van der Waals surface area contributed by atoms with Gasteiger partial charge in [0.2, 0.25) is 0 Å². The van der Waals surface area contributed by atoms with Crippen LogP contribution in [0.2, 0.25) is 0 Å². The summed E-state index contributed by atoms with van der Waals surface area (Å²) in [4.78, 5) is 10.3. The minimum atomic E-state index is -8.50. The largest absolute Gasteiger partial charge is 0.460 e. The summed E-state index contributed by atoms with van der Waals surface area (Å²) in [5, 5.41) is 0. The maximum Gasteiger partial charge on any atom is 0.460 e. The molecule has 166 valence electrons. The van der Waals surface area contributed by atoms with Gasteiger partial charge in [0.05, 0.1) is 0 Å². The first-order valence-corrected chi connectivity index (χ1v) is 6.06. The fourth-order valence-corrected chi connectivity index (χ4v) is 1.39. The number of carbonyl (C=O) groups excluding carboxylic acids is 1. The molecule has 0 fully saturated rings. The predicted octanol–water partition coefficient (Wildman–Crippen LogP) is 5.80. The van der Waals surface area contributed by atoms with Crippen molar-refractivity contribution in [3.8, 4) is 0 Å². The minimum absolute atomic E-state index is 0.151. The highest BCUT2D eigenvalue weighted by Crippen LogP contribution is 2.63. The first kappa shape index (κ1) is 26.3. The monoisotopic (exact) mass is 456 g/mol. The molecular weight excluding hydrogens is 452 g/mol. The molecule has 0 bridgehead atoms. The predicted molar refractivity (Wildman–Crippen MR) is 55.6 cm³/mol. The molecule has 0 aliphatic heterocycles.